The molecule has 0 radical (unpaired) electrons. The fourth-order valence-electron chi connectivity index (χ4n) is 2.17. The van der Waals surface area contributed by atoms with Crippen molar-refractivity contribution in [2.24, 2.45) is 0 Å². The Morgan fingerprint density at radius 2 is 1.84 bits per heavy atom. The lowest BCUT2D eigenvalue weighted by Crippen LogP contribution is -2.00. The van der Waals surface area contributed by atoms with Crippen molar-refractivity contribution in [1.82, 2.24) is 9.55 Å². The van der Waals surface area contributed by atoms with Gasteiger partial charge in [0.15, 0.2) is 0 Å². The molecule has 0 aliphatic heterocycles. The maximum atomic E-state index is 5.84. The molecule has 3 aromatic rings. The summed E-state index contributed by atoms with van der Waals surface area (Å²) in [6.07, 6.45) is 3.73. The highest BCUT2D eigenvalue weighted by atomic mass is 15.0. The summed E-state index contributed by atoms with van der Waals surface area (Å²) >= 11 is 0. The second kappa shape index (κ2) is 4.98. The molecule has 94 valence electrons. The van der Waals surface area contributed by atoms with Gasteiger partial charge in [0.25, 0.3) is 0 Å². The molecule has 0 bridgehead atoms. The lowest BCUT2D eigenvalue weighted by Gasteiger charge is -2.09. The fourth-order valence-corrected chi connectivity index (χ4v) is 2.17. The second-order valence-corrected chi connectivity index (χ2v) is 4.52. The molecule has 3 heteroatoms. The topological polar surface area (TPSA) is 43.8 Å². The number of nitrogens with zero attached hydrogens (tertiary/aromatic N) is 2. The Labute approximate surface area is 112 Å². The Hall–Kier alpha value is -2.55. The molecular formula is C16H15N3. The van der Waals surface area contributed by atoms with Gasteiger partial charge in [-0.1, -0.05) is 42.5 Å². The van der Waals surface area contributed by atoms with Crippen molar-refractivity contribution in [1.29, 1.82) is 0 Å². The van der Waals surface area contributed by atoms with E-state index in [1.165, 1.54) is 5.56 Å². The van der Waals surface area contributed by atoms with E-state index in [1.54, 1.807) is 0 Å². The number of hydrogen-bond donors (Lipinski definition) is 1. The average molecular weight is 249 g/mol. The van der Waals surface area contributed by atoms with E-state index in [2.05, 4.69) is 27.8 Å². The van der Waals surface area contributed by atoms with Gasteiger partial charge in [0.05, 0.1) is 18.2 Å². The Morgan fingerprint density at radius 3 is 2.63 bits per heavy atom. The maximum Gasteiger partial charge on any atom is 0.0954 e. The first kappa shape index (κ1) is 11.5. The van der Waals surface area contributed by atoms with Gasteiger partial charge in [-0.15, -0.1) is 0 Å². The van der Waals surface area contributed by atoms with Gasteiger partial charge in [-0.2, -0.15) is 0 Å². The van der Waals surface area contributed by atoms with Crippen LogP contribution in [0.25, 0.3) is 11.3 Å². The largest absolute Gasteiger partial charge is 0.399 e. The smallest absolute Gasteiger partial charge is 0.0954 e. The van der Waals surface area contributed by atoms with E-state index in [-0.39, 0.29) is 0 Å². The fraction of sp³-hybridized carbons (Fsp3) is 0.0625. The minimum atomic E-state index is 0.768. The minimum absolute atomic E-state index is 0.768. The zero-order chi connectivity index (χ0) is 13.1. The van der Waals surface area contributed by atoms with Crippen molar-refractivity contribution in [3.63, 3.8) is 0 Å². The van der Waals surface area contributed by atoms with Crippen LogP contribution in [0.15, 0.2) is 67.1 Å². The number of aromatic nitrogens is 2. The first-order chi connectivity index (χ1) is 9.33. The Morgan fingerprint density at radius 1 is 1.00 bits per heavy atom. The maximum absolute atomic E-state index is 5.84. The highest BCUT2D eigenvalue weighted by molar-refractivity contribution is 5.63. The molecule has 19 heavy (non-hydrogen) atoms. The monoisotopic (exact) mass is 249 g/mol. The van der Waals surface area contributed by atoms with Gasteiger partial charge in [-0.05, 0) is 17.7 Å². The van der Waals surface area contributed by atoms with Crippen LogP contribution >= 0.6 is 0 Å². The molecule has 0 aliphatic carbocycles. The van der Waals surface area contributed by atoms with Crippen LogP contribution in [0.4, 0.5) is 5.69 Å². The predicted octanol–water partition coefficient (Wildman–Crippen LogP) is 3.18. The molecule has 0 amide bonds. The molecule has 3 rings (SSSR count). The van der Waals surface area contributed by atoms with Gasteiger partial charge in [0, 0.05) is 17.8 Å². The first-order valence-corrected chi connectivity index (χ1v) is 6.23. The molecule has 0 atom stereocenters. The van der Waals surface area contributed by atoms with Crippen molar-refractivity contribution in [2.45, 2.75) is 6.54 Å². The van der Waals surface area contributed by atoms with E-state index in [1.807, 2.05) is 48.9 Å². The van der Waals surface area contributed by atoms with E-state index in [9.17, 15) is 0 Å². The van der Waals surface area contributed by atoms with Crippen LogP contribution in [-0.2, 0) is 6.54 Å². The molecular weight excluding hydrogens is 234 g/mol. The zero-order valence-corrected chi connectivity index (χ0v) is 10.5. The average Bonchev–Trinajstić information content (AvgIpc) is 2.88. The summed E-state index contributed by atoms with van der Waals surface area (Å²) in [5.74, 6) is 0. The molecule has 3 nitrogen and oxygen atoms in total. The van der Waals surface area contributed by atoms with Crippen LogP contribution in [0.5, 0.6) is 0 Å². The molecule has 2 N–H and O–H groups in total. The summed E-state index contributed by atoms with van der Waals surface area (Å²) in [6.45, 7) is 0.810. The number of nitrogen functional groups attached to an aromatic ring is 1. The molecule has 2 aromatic carbocycles. The first-order valence-electron chi connectivity index (χ1n) is 6.23. The van der Waals surface area contributed by atoms with E-state index in [4.69, 9.17) is 5.73 Å². The van der Waals surface area contributed by atoms with E-state index < -0.39 is 0 Å². The van der Waals surface area contributed by atoms with Crippen molar-refractivity contribution in [2.75, 3.05) is 5.73 Å². The lowest BCUT2D eigenvalue weighted by molar-refractivity contribution is 0.805. The van der Waals surface area contributed by atoms with Crippen LogP contribution in [-0.4, -0.2) is 9.55 Å². The molecule has 0 spiro atoms. The standard InChI is InChI=1S/C16H15N3/c17-15-8-4-7-14(9-15)16-10-18-12-19(16)11-13-5-2-1-3-6-13/h1-10,12H,11,17H2. The third-order valence-corrected chi connectivity index (χ3v) is 3.09. The number of anilines is 1. The Kier molecular flexibility index (Phi) is 3.02. The summed E-state index contributed by atoms with van der Waals surface area (Å²) in [5, 5.41) is 0. The summed E-state index contributed by atoms with van der Waals surface area (Å²) < 4.78 is 2.13. The zero-order valence-electron chi connectivity index (χ0n) is 10.5. The molecule has 1 heterocycles. The predicted molar refractivity (Wildman–Crippen MR) is 77.6 cm³/mol. The van der Waals surface area contributed by atoms with Gasteiger partial charge >= 0.3 is 0 Å². The number of hydrogen-bond acceptors (Lipinski definition) is 2. The van der Waals surface area contributed by atoms with Crippen molar-refractivity contribution in [3.05, 3.63) is 72.7 Å². The van der Waals surface area contributed by atoms with Gasteiger partial charge in [0.1, 0.15) is 0 Å². The van der Waals surface area contributed by atoms with Crippen molar-refractivity contribution >= 4 is 5.69 Å². The highest BCUT2D eigenvalue weighted by Crippen LogP contribution is 2.21. The minimum Gasteiger partial charge on any atom is -0.399 e. The van der Waals surface area contributed by atoms with Crippen LogP contribution in [0.1, 0.15) is 5.56 Å². The van der Waals surface area contributed by atoms with E-state index in [0.717, 1.165) is 23.5 Å². The third kappa shape index (κ3) is 2.50. The van der Waals surface area contributed by atoms with Crippen LogP contribution in [0.3, 0.4) is 0 Å². The van der Waals surface area contributed by atoms with E-state index in [0.29, 0.717) is 0 Å². The number of benzene rings is 2. The summed E-state index contributed by atoms with van der Waals surface area (Å²) in [5.41, 5.74) is 10.0. The van der Waals surface area contributed by atoms with Crippen LogP contribution < -0.4 is 5.73 Å². The number of imidazole rings is 1. The Bertz CT molecular complexity index is 671. The van der Waals surface area contributed by atoms with Crippen LogP contribution in [0, 0.1) is 0 Å². The molecule has 0 fully saturated rings. The summed E-state index contributed by atoms with van der Waals surface area (Å²) in [7, 11) is 0. The van der Waals surface area contributed by atoms with Gasteiger partial charge < -0.3 is 10.3 Å². The van der Waals surface area contributed by atoms with Gasteiger partial charge in [-0.3, -0.25) is 0 Å². The number of rotatable bonds is 3. The SMILES string of the molecule is Nc1cccc(-c2cncn2Cc2ccccc2)c1. The van der Waals surface area contributed by atoms with Crippen molar-refractivity contribution in [3.8, 4) is 11.3 Å². The molecule has 0 saturated carbocycles. The van der Waals surface area contributed by atoms with Crippen LogP contribution in [0.2, 0.25) is 0 Å². The van der Waals surface area contributed by atoms with Gasteiger partial charge in [0.2, 0.25) is 0 Å². The Balaban J connectivity index is 1.95. The highest BCUT2D eigenvalue weighted by Gasteiger charge is 2.05. The quantitative estimate of drug-likeness (QED) is 0.724. The summed E-state index contributed by atoms with van der Waals surface area (Å²) in [4.78, 5) is 4.25. The molecule has 0 saturated heterocycles. The lowest BCUT2D eigenvalue weighted by atomic mass is 10.1. The van der Waals surface area contributed by atoms with E-state index >= 15 is 0 Å². The van der Waals surface area contributed by atoms with Crippen molar-refractivity contribution < 1.29 is 0 Å². The second-order valence-electron chi connectivity index (χ2n) is 4.52. The number of nitrogens with two attached hydrogens (primary N) is 1. The molecule has 0 unspecified atom stereocenters. The van der Waals surface area contributed by atoms with Gasteiger partial charge in [-0.25, -0.2) is 4.98 Å². The third-order valence-electron chi connectivity index (χ3n) is 3.09. The molecule has 1 aromatic heterocycles. The summed E-state index contributed by atoms with van der Waals surface area (Å²) in [6, 6.07) is 18.2. The molecule has 0 aliphatic rings. The normalized spacial score (nSPS) is 10.5.